The first-order chi connectivity index (χ1) is 9.45. The SMILES string of the molecule is CCC(N)C(c1sccc1C)N1CC(C)CC(C)C1C. The van der Waals surface area contributed by atoms with Crippen LogP contribution in [0.4, 0.5) is 0 Å². The van der Waals surface area contributed by atoms with Gasteiger partial charge in [0.05, 0.1) is 6.04 Å². The monoisotopic (exact) mass is 294 g/mol. The summed E-state index contributed by atoms with van der Waals surface area (Å²) in [7, 11) is 0. The van der Waals surface area contributed by atoms with Gasteiger partial charge in [-0.1, -0.05) is 20.8 Å². The second kappa shape index (κ2) is 6.59. The standard InChI is InChI=1S/C17H30N2S/c1-6-15(18)16(17-12(3)7-8-20-17)19-10-11(2)9-13(4)14(19)5/h7-8,11,13-16H,6,9-10,18H2,1-5H3. The lowest BCUT2D eigenvalue weighted by Gasteiger charge is -2.47. The molecule has 0 aliphatic carbocycles. The fourth-order valence-corrected chi connectivity index (χ4v) is 4.75. The Morgan fingerprint density at radius 3 is 2.65 bits per heavy atom. The van der Waals surface area contributed by atoms with Crippen LogP contribution in [0.5, 0.6) is 0 Å². The maximum absolute atomic E-state index is 6.53. The molecule has 5 atom stereocenters. The molecule has 2 N–H and O–H groups in total. The number of thiophene rings is 1. The van der Waals surface area contributed by atoms with E-state index in [0.717, 1.165) is 18.3 Å². The summed E-state index contributed by atoms with van der Waals surface area (Å²) in [5.41, 5.74) is 7.93. The van der Waals surface area contributed by atoms with Gasteiger partial charge >= 0.3 is 0 Å². The third-order valence-corrected chi connectivity index (χ3v) is 6.14. The molecule has 0 radical (unpaired) electrons. The van der Waals surface area contributed by atoms with Crippen molar-refractivity contribution in [2.24, 2.45) is 17.6 Å². The minimum atomic E-state index is 0.229. The quantitative estimate of drug-likeness (QED) is 0.901. The van der Waals surface area contributed by atoms with E-state index in [2.05, 4.69) is 51.0 Å². The van der Waals surface area contributed by atoms with E-state index in [9.17, 15) is 0 Å². The fourth-order valence-electron chi connectivity index (χ4n) is 3.63. The summed E-state index contributed by atoms with van der Waals surface area (Å²) in [5, 5.41) is 2.21. The van der Waals surface area contributed by atoms with Gasteiger partial charge in [-0.05, 0) is 55.5 Å². The Morgan fingerprint density at radius 2 is 2.10 bits per heavy atom. The molecule has 0 spiro atoms. The number of nitrogens with two attached hydrogens (primary N) is 1. The highest BCUT2D eigenvalue weighted by molar-refractivity contribution is 7.10. The Balaban J connectivity index is 2.33. The lowest BCUT2D eigenvalue weighted by Crippen LogP contribution is -2.52. The van der Waals surface area contributed by atoms with E-state index in [1.54, 1.807) is 0 Å². The molecule has 1 aromatic rings. The Morgan fingerprint density at radius 1 is 1.40 bits per heavy atom. The lowest BCUT2D eigenvalue weighted by molar-refractivity contribution is 0.0299. The van der Waals surface area contributed by atoms with E-state index in [4.69, 9.17) is 5.73 Å². The first-order valence-corrected chi connectivity index (χ1v) is 8.88. The zero-order valence-corrected chi connectivity index (χ0v) is 14.4. The van der Waals surface area contributed by atoms with Crippen molar-refractivity contribution in [2.45, 2.75) is 65.6 Å². The molecule has 1 aliphatic rings. The van der Waals surface area contributed by atoms with Crippen molar-refractivity contribution in [1.82, 2.24) is 4.90 Å². The summed E-state index contributed by atoms with van der Waals surface area (Å²) in [6.45, 7) is 12.8. The normalized spacial score (nSPS) is 31.2. The molecule has 114 valence electrons. The highest BCUT2D eigenvalue weighted by Crippen LogP contribution is 2.38. The van der Waals surface area contributed by atoms with Crippen LogP contribution in [0.1, 0.15) is 57.0 Å². The third-order valence-electron chi connectivity index (χ3n) is 5.05. The molecular weight excluding hydrogens is 264 g/mol. The largest absolute Gasteiger partial charge is 0.326 e. The van der Waals surface area contributed by atoms with Gasteiger partial charge < -0.3 is 5.73 Å². The Labute approximate surface area is 128 Å². The van der Waals surface area contributed by atoms with Crippen molar-refractivity contribution in [1.29, 1.82) is 0 Å². The average molecular weight is 295 g/mol. The third kappa shape index (κ3) is 3.10. The number of likely N-dealkylation sites (tertiary alicyclic amines) is 1. The van der Waals surface area contributed by atoms with Gasteiger partial charge in [0.25, 0.3) is 0 Å². The van der Waals surface area contributed by atoms with Crippen molar-refractivity contribution < 1.29 is 0 Å². The molecule has 1 aliphatic heterocycles. The molecule has 1 aromatic heterocycles. The van der Waals surface area contributed by atoms with Crippen LogP contribution in [-0.2, 0) is 0 Å². The number of piperidine rings is 1. The van der Waals surface area contributed by atoms with Gasteiger partial charge in [0, 0.05) is 23.5 Å². The van der Waals surface area contributed by atoms with Crippen molar-refractivity contribution in [3.63, 3.8) is 0 Å². The van der Waals surface area contributed by atoms with E-state index in [0.29, 0.717) is 12.1 Å². The van der Waals surface area contributed by atoms with E-state index in [1.165, 1.54) is 23.4 Å². The minimum absolute atomic E-state index is 0.229. The molecule has 0 bridgehead atoms. The van der Waals surface area contributed by atoms with Crippen LogP contribution in [0.3, 0.4) is 0 Å². The molecule has 0 saturated carbocycles. The van der Waals surface area contributed by atoms with Gasteiger partial charge in [-0.25, -0.2) is 0 Å². The summed E-state index contributed by atoms with van der Waals surface area (Å²) < 4.78 is 0. The second-order valence-electron chi connectivity index (χ2n) is 6.74. The minimum Gasteiger partial charge on any atom is -0.326 e. The average Bonchev–Trinajstić information content (AvgIpc) is 2.81. The number of nitrogens with zero attached hydrogens (tertiary/aromatic N) is 1. The van der Waals surface area contributed by atoms with Gasteiger partial charge in [0.15, 0.2) is 0 Å². The van der Waals surface area contributed by atoms with Crippen LogP contribution in [0, 0.1) is 18.8 Å². The predicted octanol–water partition coefficient (Wildman–Crippen LogP) is 4.20. The van der Waals surface area contributed by atoms with Crippen LogP contribution in [0.15, 0.2) is 11.4 Å². The van der Waals surface area contributed by atoms with Gasteiger partial charge in [-0.3, -0.25) is 4.90 Å². The summed E-state index contributed by atoms with van der Waals surface area (Å²) in [5.74, 6) is 1.53. The summed E-state index contributed by atoms with van der Waals surface area (Å²) in [6.07, 6.45) is 2.38. The van der Waals surface area contributed by atoms with Crippen LogP contribution >= 0.6 is 11.3 Å². The number of hydrogen-bond donors (Lipinski definition) is 1. The summed E-state index contributed by atoms with van der Waals surface area (Å²) in [4.78, 5) is 4.17. The molecule has 3 heteroatoms. The summed E-state index contributed by atoms with van der Waals surface area (Å²) in [6, 6.07) is 3.47. The zero-order valence-electron chi connectivity index (χ0n) is 13.6. The molecule has 2 rings (SSSR count). The van der Waals surface area contributed by atoms with Crippen molar-refractivity contribution in [3.8, 4) is 0 Å². The number of rotatable bonds is 4. The molecule has 1 saturated heterocycles. The van der Waals surface area contributed by atoms with Gasteiger partial charge in [-0.15, -0.1) is 11.3 Å². The first kappa shape index (κ1) is 16.0. The Bertz CT molecular complexity index is 428. The van der Waals surface area contributed by atoms with Crippen molar-refractivity contribution in [3.05, 3.63) is 21.9 Å². The second-order valence-corrected chi connectivity index (χ2v) is 7.69. The van der Waals surface area contributed by atoms with E-state index >= 15 is 0 Å². The molecule has 2 heterocycles. The highest BCUT2D eigenvalue weighted by Gasteiger charge is 2.37. The van der Waals surface area contributed by atoms with E-state index in [1.807, 2.05) is 11.3 Å². The summed E-state index contributed by atoms with van der Waals surface area (Å²) >= 11 is 1.88. The molecule has 5 unspecified atom stereocenters. The van der Waals surface area contributed by atoms with E-state index in [-0.39, 0.29) is 6.04 Å². The smallest absolute Gasteiger partial charge is 0.0598 e. The molecule has 0 amide bonds. The van der Waals surface area contributed by atoms with Crippen LogP contribution in [0.2, 0.25) is 0 Å². The molecule has 1 fully saturated rings. The molecule has 2 nitrogen and oxygen atoms in total. The Kier molecular flexibility index (Phi) is 5.27. The molecule has 20 heavy (non-hydrogen) atoms. The van der Waals surface area contributed by atoms with E-state index < -0.39 is 0 Å². The van der Waals surface area contributed by atoms with Gasteiger partial charge in [0.2, 0.25) is 0 Å². The fraction of sp³-hybridized carbons (Fsp3) is 0.765. The predicted molar refractivity (Wildman–Crippen MR) is 89.2 cm³/mol. The first-order valence-electron chi connectivity index (χ1n) is 8.01. The maximum Gasteiger partial charge on any atom is 0.0598 e. The van der Waals surface area contributed by atoms with Crippen LogP contribution in [-0.4, -0.2) is 23.5 Å². The van der Waals surface area contributed by atoms with Gasteiger partial charge in [-0.2, -0.15) is 0 Å². The van der Waals surface area contributed by atoms with Crippen LogP contribution in [0.25, 0.3) is 0 Å². The van der Waals surface area contributed by atoms with Crippen LogP contribution < -0.4 is 5.73 Å². The zero-order chi connectivity index (χ0) is 14.9. The molecular formula is C17H30N2S. The maximum atomic E-state index is 6.53. The number of aryl methyl sites for hydroxylation is 1. The topological polar surface area (TPSA) is 29.3 Å². The molecule has 0 aromatic carbocycles. The highest BCUT2D eigenvalue weighted by atomic mass is 32.1. The number of hydrogen-bond acceptors (Lipinski definition) is 3. The van der Waals surface area contributed by atoms with Crippen molar-refractivity contribution >= 4 is 11.3 Å². The Hall–Kier alpha value is -0.380. The van der Waals surface area contributed by atoms with Gasteiger partial charge in [0.1, 0.15) is 0 Å². The van der Waals surface area contributed by atoms with Crippen molar-refractivity contribution in [2.75, 3.05) is 6.54 Å². The lowest BCUT2D eigenvalue weighted by atomic mass is 9.83.